The molecule has 1 aromatic heterocycles. The van der Waals surface area contributed by atoms with Gasteiger partial charge in [-0.3, -0.25) is 0 Å². The molecule has 2 rings (SSSR count). The Balaban J connectivity index is 2.28. The summed E-state index contributed by atoms with van der Waals surface area (Å²) in [6, 6.07) is 2.86. The van der Waals surface area contributed by atoms with Crippen LogP contribution < -0.4 is 0 Å². The summed E-state index contributed by atoms with van der Waals surface area (Å²) < 4.78 is 2.25. The van der Waals surface area contributed by atoms with Gasteiger partial charge in [0.25, 0.3) is 0 Å². The fraction of sp³-hybridized carbons (Fsp3) is 0.375. The van der Waals surface area contributed by atoms with Crippen LogP contribution in [-0.2, 0) is 0 Å². The molecule has 0 aromatic carbocycles. The van der Waals surface area contributed by atoms with Crippen LogP contribution in [0.1, 0.15) is 24.4 Å². The van der Waals surface area contributed by atoms with Crippen LogP contribution in [0.2, 0.25) is 0 Å². The van der Waals surface area contributed by atoms with Crippen LogP contribution >= 0.6 is 0 Å². The molecule has 1 aliphatic carbocycles. The van der Waals surface area contributed by atoms with E-state index in [1.54, 1.807) is 0 Å². The molecule has 1 nitrogen and oxygen atoms in total. The minimum atomic E-state index is 0.806. The Kier molecular flexibility index (Phi) is 0.922. The molecule has 1 aromatic rings. The first-order valence-electron chi connectivity index (χ1n) is 3.36. The Morgan fingerprint density at radius 1 is 1.56 bits per heavy atom. The standard InChI is InChI=1S/C8H10N/c1-7-4-5-9(6-7)8-2-3-8/h4-6,8H,1-3H2. The first kappa shape index (κ1) is 5.10. The average Bonchev–Trinajstić information content (AvgIpc) is 2.58. The van der Waals surface area contributed by atoms with Gasteiger partial charge in [0, 0.05) is 18.4 Å². The first-order valence-corrected chi connectivity index (χ1v) is 3.36. The largest absolute Gasteiger partial charge is 0.351 e. The van der Waals surface area contributed by atoms with Crippen molar-refractivity contribution in [2.24, 2.45) is 0 Å². The van der Waals surface area contributed by atoms with E-state index in [1.165, 1.54) is 12.8 Å². The van der Waals surface area contributed by atoms with E-state index < -0.39 is 0 Å². The van der Waals surface area contributed by atoms with Gasteiger partial charge in [0.05, 0.1) is 0 Å². The highest BCUT2D eigenvalue weighted by Gasteiger charge is 2.22. The Bertz CT molecular complexity index is 208. The third kappa shape index (κ3) is 0.869. The van der Waals surface area contributed by atoms with Crippen molar-refractivity contribution in [2.45, 2.75) is 18.9 Å². The van der Waals surface area contributed by atoms with Gasteiger partial charge in [0.1, 0.15) is 0 Å². The van der Waals surface area contributed by atoms with Gasteiger partial charge in [-0.2, -0.15) is 0 Å². The van der Waals surface area contributed by atoms with Crippen LogP contribution in [-0.4, -0.2) is 4.57 Å². The van der Waals surface area contributed by atoms with Crippen molar-refractivity contribution in [3.05, 3.63) is 30.9 Å². The van der Waals surface area contributed by atoms with Gasteiger partial charge in [-0.1, -0.05) is 0 Å². The van der Waals surface area contributed by atoms with Crippen LogP contribution in [0.5, 0.6) is 0 Å². The molecule has 0 N–H and O–H groups in total. The van der Waals surface area contributed by atoms with E-state index in [4.69, 9.17) is 0 Å². The van der Waals surface area contributed by atoms with Crippen molar-refractivity contribution in [3.8, 4) is 0 Å². The van der Waals surface area contributed by atoms with Gasteiger partial charge in [0.2, 0.25) is 0 Å². The van der Waals surface area contributed by atoms with Crippen molar-refractivity contribution in [2.75, 3.05) is 0 Å². The van der Waals surface area contributed by atoms with Crippen molar-refractivity contribution in [3.63, 3.8) is 0 Å². The highest BCUT2D eigenvalue weighted by atomic mass is 15.0. The maximum absolute atomic E-state index is 3.83. The van der Waals surface area contributed by atoms with Gasteiger partial charge in [-0.05, 0) is 31.4 Å². The molecule has 0 saturated heterocycles. The summed E-state index contributed by atoms with van der Waals surface area (Å²) in [5.41, 5.74) is 1.13. The molecular weight excluding hydrogens is 110 g/mol. The van der Waals surface area contributed by atoms with E-state index in [1.807, 2.05) is 0 Å². The molecule has 1 fully saturated rings. The number of aromatic nitrogens is 1. The van der Waals surface area contributed by atoms with E-state index in [0.29, 0.717) is 0 Å². The predicted octanol–water partition coefficient (Wildman–Crippen LogP) is 2.01. The van der Waals surface area contributed by atoms with Crippen LogP contribution in [0.4, 0.5) is 0 Å². The Morgan fingerprint density at radius 2 is 2.33 bits per heavy atom. The van der Waals surface area contributed by atoms with Crippen LogP contribution in [0.25, 0.3) is 0 Å². The molecule has 9 heavy (non-hydrogen) atoms. The van der Waals surface area contributed by atoms with Gasteiger partial charge in [-0.25, -0.2) is 0 Å². The third-order valence-electron chi connectivity index (χ3n) is 1.74. The summed E-state index contributed by atoms with van der Waals surface area (Å²) in [4.78, 5) is 0. The minimum Gasteiger partial charge on any atom is -0.351 e. The van der Waals surface area contributed by atoms with Gasteiger partial charge >= 0.3 is 0 Å². The zero-order chi connectivity index (χ0) is 6.27. The van der Waals surface area contributed by atoms with E-state index >= 15 is 0 Å². The Labute approximate surface area is 55.3 Å². The third-order valence-corrected chi connectivity index (χ3v) is 1.74. The molecule has 0 aliphatic heterocycles. The monoisotopic (exact) mass is 120 g/mol. The van der Waals surface area contributed by atoms with Crippen LogP contribution in [0, 0.1) is 6.92 Å². The molecule has 1 heterocycles. The molecule has 47 valence electrons. The lowest BCUT2D eigenvalue weighted by Crippen LogP contribution is -1.85. The van der Waals surface area contributed by atoms with Gasteiger partial charge < -0.3 is 4.57 Å². The fourth-order valence-corrected chi connectivity index (χ4v) is 1.06. The molecule has 0 atom stereocenters. The average molecular weight is 120 g/mol. The quantitative estimate of drug-likeness (QED) is 0.534. The smallest absolute Gasteiger partial charge is 0.0332 e. The predicted molar refractivity (Wildman–Crippen MR) is 37.2 cm³/mol. The van der Waals surface area contributed by atoms with Crippen molar-refractivity contribution in [1.82, 2.24) is 4.57 Å². The maximum Gasteiger partial charge on any atom is 0.0332 e. The first-order chi connectivity index (χ1) is 4.36. The number of hydrogen-bond acceptors (Lipinski definition) is 0. The summed E-state index contributed by atoms with van der Waals surface area (Å²) in [6.07, 6.45) is 6.93. The second-order valence-corrected chi connectivity index (χ2v) is 2.70. The molecule has 0 unspecified atom stereocenters. The van der Waals surface area contributed by atoms with E-state index in [2.05, 4.69) is 30.0 Å². The normalized spacial score (nSPS) is 18.3. The van der Waals surface area contributed by atoms with Crippen molar-refractivity contribution >= 4 is 0 Å². The Hall–Kier alpha value is -0.720. The number of rotatable bonds is 1. The fourth-order valence-electron chi connectivity index (χ4n) is 1.06. The highest BCUT2D eigenvalue weighted by molar-refractivity contribution is 5.14. The van der Waals surface area contributed by atoms with Gasteiger partial charge in [0.15, 0.2) is 0 Å². The second-order valence-electron chi connectivity index (χ2n) is 2.70. The van der Waals surface area contributed by atoms with E-state index in [-0.39, 0.29) is 0 Å². The lowest BCUT2D eigenvalue weighted by atomic mass is 10.4. The van der Waals surface area contributed by atoms with Crippen LogP contribution in [0.3, 0.4) is 0 Å². The summed E-state index contributed by atoms with van der Waals surface area (Å²) in [7, 11) is 0. The zero-order valence-corrected chi connectivity index (χ0v) is 5.38. The zero-order valence-electron chi connectivity index (χ0n) is 5.38. The van der Waals surface area contributed by atoms with Crippen LogP contribution in [0.15, 0.2) is 18.5 Å². The molecule has 1 heteroatoms. The maximum atomic E-state index is 3.83. The van der Waals surface area contributed by atoms with Gasteiger partial charge in [-0.15, -0.1) is 0 Å². The molecule has 0 bridgehead atoms. The minimum absolute atomic E-state index is 0.806. The lowest BCUT2D eigenvalue weighted by molar-refractivity contribution is 0.747. The molecule has 0 amide bonds. The highest BCUT2D eigenvalue weighted by Crippen LogP contribution is 2.34. The summed E-state index contributed by atoms with van der Waals surface area (Å²) in [5, 5.41) is 0. The Morgan fingerprint density at radius 3 is 2.78 bits per heavy atom. The molecular formula is C8H10N. The summed E-state index contributed by atoms with van der Waals surface area (Å²) in [6.45, 7) is 3.83. The summed E-state index contributed by atoms with van der Waals surface area (Å²) >= 11 is 0. The topological polar surface area (TPSA) is 4.93 Å². The molecule has 1 aliphatic rings. The van der Waals surface area contributed by atoms with Crippen molar-refractivity contribution < 1.29 is 0 Å². The van der Waals surface area contributed by atoms with E-state index in [9.17, 15) is 0 Å². The summed E-state index contributed by atoms with van der Waals surface area (Å²) in [5.74, 6) is 0. The lowest BCUT2D eigenvalue weighted by Gasteiger charge is -1.94. The van der Waals surface area contributed by atoms with E-state index in [0.717, 1.165) is 11.6 Å². The second kappa shape index (κ2) is 1.63. The number of hydrogen-bond donors (Lipinski definition) is 0. The van der Waals surface area contributed by atoms with Crippen molar-refractivity contribution in [1.29, 1.82) is 0 Å². The molecule has 1 radical (unpaired) electrons. The molecule has 0 spiro atoms. The molecule has 1 saturated carbocycles. The SMILES string of the molecule is [CH2]c1ccn(C2CC2)c1. The number of nitrogens with zero attached hydrogens (tertiary/aromatic N) is 1.